The van der Waals surface area contributed by atoms with Crippen molar-refractivity contribution >= 4 is 33.8 Å². The molecule has 6 heteroatoms. The van der Waals surface area contributed by atoms with Gasteiger partial charge in [-0.2, -0.15) is 0 Å². The van der Waals surface area contributed by atoms with Crippen LogP contribution in [0.3, 0.4) is 0 Å². The number of carbonyl (C=O) groups is 2. The molecule has 2 aromatic rings. The molecular formula is C11H9NO4S. The maximum absolute atomic E-state index is 11.9. The van der Waals surface area contributed by atoms with Crippen LogP contribution in [0.5, 0.6) is 0 Å². The maximum atomic E-state index is 11.9. The second-order valence-corrected chi connectivity index (χ2v) is 4.35. The molecule has 17 heavy (non-hydrogen) atoms. The number of aromatic nitrogens is 1. The number of aromatic amines is 1. The first-order chi connectivity index (χ1) is 8.17. The molecule has 88 valence electrons. The van der Waals surface area contributed by atoms with Crippen LogP contribution in [0.1, 0.15) is 27.0 Å². The van der Waals surface area contributed by atoms with Crippen molar-refractivity contribution in [3.8, 4) is 0 Å². The molecular weight excluding hydrogens is 242 g/mol. The zero-order chi connectivity index (χ0) is 12.4. The summed E-state index contributed by atoms with van der Waals surface area (Å²) in [5.41, 5.74) is 0.101. The number of pyridine rings is 1. The quantitative estimate of drug-likeness (QED) is 0.663. The molecule has 0 saturated carbocycles. The van der Waals surface area contributed by atoms with Gasteiger partial charge in [0.25, 0.3) is 0 Å². The standard InChI is InChI=1S/C11H9NO4S/c1-2-16-11(15)7-4-12-8-3-6(5-13)17-10(8)9(7)14/h3-5H,2H2,1H3,(H,12,14). The summed E-state index contributed by atoms with van der Waals surface area (Å²) in [5, 5.41) is 0. The van der Waals surface area contributed by atoms with Crippen LogP contribution in [0.15, 0.2) is 17.1 Å². The van der Waals surface area contributed by atoms with Gasteiger partial charge in [-0.1, -0.05) is 0 Å². The number of rotatable bonds is 3. The lowest BCUT2D eigenvalue weighted by Crippen LogP contribution is -2.17. The van der Waals surface area contributed by atoms with Gasteiger partial charge in [0.2, 0.25) is 5.43 Å². The molecule has 5 nitrogen and oxygen atoms in total. The van der Waals surface area contributed by atoms with Gasteiger partial charge < -0.3 is 9.72 Å². The third-order valence-electron chi connectivity index (χ3n) is 2.19. The molecule has 0 saturated heterocycles. The lowest BCUT2D eigenvalue weighted by Gasteiger charge is -2.00. The number of nitrogens with one attached hydrogen (secondary N) is 1. The van der Waals surface area contributed by atoms with E-state index in [1.807, 2.05) is 0 Å². The Kier molecular flexibility index (Phi) is 3.06. The van der Waals surface area contributed by atoms with Crippen molar-refractivity contribution < 1.29 is 14.3 Å². The molecule has 2 aromatic heterocycles. The predicted octanol–water partition coefficient (Wildman–Crippen LogP) is 1.58. The van der Waals surface area contributed by atoms with Crippen molar-refractivity contribution in [1.82, 2.24) is 4.98 Å². The average molecular weight is 251 g/mol. The highest BCUT2D eigenvalue weighted by atomic mass is 32.1. The van der Waals surface area contributed by atoms with Crippen molar-refractivity contribution in [1.29, 1.82) is 0 Å². The van der Waals surface area contributed by atoms with E-state index in [1.54, 1.807) is 13.0 Å². The fourth-order valence-electron chi connectivity index (χ4n) is 1.44. The highest BCUT2D eigenvalue weighted by Crippen LogP contribution is 2.19. The molecule has 0 aliphatic heterocycles. The minimum atomic E-state index is -0.656. The summed E-state index contributed by atoms with van der Waals surface area (Å²) < 4.78 is 5.13. The van der Waals surface area contributed by atoms with E-state index in [-0.39, 0.29) is 12.2 Å². The fraction of sp³-hybridized carbons (Fsp3) is 0.182. The van der Waals surface area contributed by atoms with Crippen LogP contribution in [0.2, 0.25) is 0 Å². The van der Waals surface area contributed by atoms with Gasteiger partial charge in [0.1, 0.15) is 5.56 Å². The van der Waals surface area contributed by atoms with Gasteiger partial charge in [-0.25, -0.2) is 4.79 Å². The Morgan fingerprint density at radius 2 is 2.35 bits per heavy atom. The van der Waals surface area contributed by atoms with Crippen molar-refractivity contribution in [3.05, 3.63) is 32.9 Å². The van der Waals surface area contributed by atoms with Crippen LogP contribution < -0.4 is 5.43 Å². The van der Waals surface area contributed by atoms with Gasteiger partial charge in [0, 0.05) is 6.20 Å². The summed E-state index contributed by atoms with van der Waals surface area (Å²) in [7, 11) is 0. The Morgan fingerprint density at radius 3 is 3.00 bits per heavy atom. The zero-order valence-electron chi connectivity index (χ0n) is 8.98. The van der Waals surface area contributed by atoms with Crippen LogP contribution in [0.4, 0.5) is 0 Å². The number of esters is 1. The van der Waals surface area contributed by atoms with Crippen molar-refractivity contribution in [2.24, 2.45) is 0 Å². The average Bonchev–Trinajstić information content (AvgIpc) is 2.73. The third kappa shape index (κ3) is 1.99. The van der Waals surface area contributed by atoms with E-state index in [4.69, 9.17) is 4.74 Å². The molecule has 0 aliphatic carbocycles. The van der Waals surface area contributed by atoms with Crippen LogP contribution in [0.25, 0.3) is 10.2 Å². The Bertz CT molecular complexity index is 640. The van der Waals surface area contributed by atoms with E-state index >= 15 is 0 Å². The maximum Gasteiger partial charge on any atom is 0.343 e. The molecule has 0 fully saturated rings. The first-order valence-corrected chi connectivity index (χ1v) is 5.76. The summed E-state index contributed by atoms with van der Waals surface area (Å²) in [6.45, 7) is 1.88. The predicted molar refractivity (Wildman–Crippen MR) is 63.8 cm³/mol. The Balaban J connectivity index is 2.61. The van der Waals surface area contributed by atoms with Crippen molar-refractivity contribution in [3.63, 3.8) is 0 Å². The van der Waals surface area contributed by atoms with Gasteiger partial charge in [-0.05, 0) is 13.0 Å². The molecule has 0 spiro atoms. The number of fused-ring (bicyclic) bond motifs is 1. The smallest absolute Gasteiger partial charge is 0.343 e. The lowest BCUT2D eigenvalue weighted by molar-refractivity contribution is 0.0524. The zero-order valence-corrected chi connectivity index (χ0v) is 9.80. The third-order valence-corrected chi connectivity index (χ3v) is 3.24. The molecule has 0 aliphatic rings. The topological polar surface area (TPSA) is 76.2 Å². The molecule has 1 N–H and O–H groups in total. The van der Waals surface area contributed by atoms with E-state index in [9.17, 15) is 14.4 Å². The van der Waals surface area contributed by atoms with E-state index in [1.165, 1.54) is 6.20 Å². The molecule has 0 unspecified atom stereocenters. The number of aldehydes is 1. The van der Waals surface area contributed by atoms with Gasteiger partial charge in [-0.3, -0.25) is 9.59 Å². The first kappa shape index (κ1) is 11.5. The number of H-pyrrole nitrogens is 1. The number of carbonyl (C=O) groups excluding carboxylic acids is 2. The van der Waals surface area contributed by atoms with Crippen LogP contribution in [-0.4, -0.2) is 23.8 Å². The van der Waals surface area contributed by atoms with E-state index < -0.39 is 11.4 Å². The minimum Gasteiger partial charge on any atom is -0.462 e. The van der Waals surface area contributed by atoms with E-state index in [0.717, 1.165) is 11.3 Å². The highest BCUT2D eigenvalue weighted by molar-refractivity contribution is 7.20. The molecule has 2 rings (SSSR count). The number of hydrogen-bond acceptors (Lipinski definition) is 5. The van der Waals surface area contributed by atoms with Crippen LogP contribution in [0, 0.1) is 0 Å². The number of hydrogen-bond donors (Lipinski definition) is 1. The first-order valence-electron chi connectivity index (χ1n) is 4.95. The van der Waals surface area contributed by atoms with E-state index in [2.05, 4.69) is 4.98 Å². The highest BCUT2D eigenvalue weighted by Gasteiger charge is 2.15. The summed E-state index contributed by atoms with van der Waals surface area (Å²) in [6.07, 6.45) is 1.98. The largest absolute Gasteiger partial charge is 0.462 e. The summed E-state index contributed by atoms with van der Waals surface area (Å²) >= 11 is 1.05. The Labute approximate surface area is 100 Å². The summed E-state index contributed by atoms with van der Waals surface area (Å²) in [4.78, 5) is 37.3. The molecule has 0 radical (unpaired) electrons. The molecule has 0 bridgehead atoms. The summed E-state index contributed by atoms with van der Waals surface area (Å²) in [5.74, 6) is -0.656. The van der Waals surface area contributed by atoms with Gasteiger partial charge in [-0.15, -0.1) is 11.3 Å². The van der Waals surface area contributed by atoms with Gasteiger partial charge in [0.05, 0.1) is 21.7 Å². The number of ether oxygens (including phenoxy) is 1. The fourth-order valence-corrected chi connectivity index (χ4v) is 2.33. The van der Waals surface area contributed by atoms with Crippen LogP contribution >= 0.6 is 11.3 Å². The normalized spacial score (nSPS) is 10.4. The minimum absolute atomic E-state index is 0.0429. The molecule has 2 heterocycles. The lowest BCUT2D eigenvalue weighted by atomic mass is 10.2. The van der Waals surface area contributed by atoms with Gasteiger partial charge in [0.15, 0.2) is 6.29 Å². The molecule has 0 atom stereocenters. The second kappa shape index (κ2) is 4.50. The molecule has 0 aromatic carbocycles. The van der Waals surface area contributed by atoms with Crippen molar-refractivity contribution in [2.75, 3.05) is 6.61 Å². The van der Waals surface area contributed by atoms with Crippen LogP contribution in [-0.2, 0) is 4.74 Å². The van der Waals surface area contributed by atoms with Gasteiger partial charge >= 0.3 is 5.97 Å². The summed E-state index contributed by atoms with van der Waals surface area (Å²) in [6, 6.07) is 1.57. The molecule has 0 amide bonds. The Hall–Kier alpha value is -1.95. The second-order valence-electron chi connectivity index (χ2n) is 3.26. The van der Waals surface area contributed by atoms with Crippen molar-refractivity contribution in [2.45, 2.75) is 6.92 Å². The van der Waals surface area contributed by atoms with E-state index in [0.29, 0.717) is 21.4 Å². The SMILES string of the molecule is CCOC(=O)c1c[nH]c2cc(C=O)sc2c1=O. The Morgan fingerprint density at radius 1 is 1.59 bits per heavy atom. The monoisotopic (exact) mass is 251 g/mol. The number of thiophene rings is 1.